The average Bonchev–Trinajstić information content (AvgIpc) is 3.15. The molecule has 5 nitrogen and oxygen atoms in total. The van der Waals surface area contributed by atoms with Gasteiger partial charge in [-0.1, -0.05) is 18.2 Å². The minimum Gasteiger partial charge on any atom is -0.344 e. The van der Waals surface area contributed by atoms with Gasteiger partial charge in [0.15, 0.2) is 5.13 Å². The van der Waals surface area contributed by atoms with Gasteiger partial charge < -0.3 is 4.90 Å². The number of hydrogen-bond donors (Lipinski definition) is 0. The van der Waals surface area contributed by atoms with E-state index in [0.29, 0.717) is 13.0 Å². The first-order chi connectivity index (χ1) is 10.5. The first-order valence-corrected chi connectivity index (χ1v) is 9.71. The fourth-order valence-electron chi connectivity index (χ4n) is 2.74. The molecule has 1 aliphatic heterocycles. The SMILES string of the molecule is CC(c1ccccc1N1CCCS1(=O)=O)N(C)c1nccs1. The van der Waals surface area contributed by atoms with E-state index in [9.17, 15) is 8.42 Å². The summed E-state index contributed by atoms with van der Waals surface area (Å²) in [6.07, 6.45) is 2.47. The van der Waals surface area contributed by atoms with Gasteiger partial charge in [0.2, 0.25) is 10.0 Å². The predicted octanol–water partition coefficient (Wildman–Crippen LogP) is 2.88. The van der Waals surface area contributed by atoms with Crippen LogP contribution in [0.1, 0.15) is 24.9 Å². The summed E-state index contributed by atoms with van der Waals surface area (Å²) in [5, 5.41) is 2.86. The van der Waals surface area contributed by atoms with Crippen LogP contribution in [0, 0.1) is 0 Å². The van der Waals surface area contributed by atoms with E-state index in [0.717, 1.165) is 16.4 Å². The Labute approximate surface area is 135 Å². The lowest BCUT2D eigenvalue weighted by atomic mass is 10.1. The lowest BCUT2D eigenvalue weighted by molar-refractivity contribution is 0.599. The number of sulfonamides is 1. The van der Waals surface area contributed by atoms with Gasteiger partial charge in [-0.3, -0.25) is 4.31 Å². The zero-order valence-corrected chi connectivity index (χ0v) is 14.3. The number of thiazole rings is 1. The van der Waals surface area contributed by atoms with E-state index in [4.69, 9.17) is 0 Å². The highest BCUT2D eigenvalue weighted by molar-refractivity contribution is 7.93. The van der Waals surface area contributed by atoms with Crippen LogP contribution in [0.15, 0.2) is 35.8 Å². The lowest BCUT2D eigenvalue weighted by Gasteiger charge is -2.29. The maximum Gasteiger partial charge on any atom is 0.235 e. The largest absolute Gasteiger partial charge is 0.344 e. The van der Waals surface area contributed by atoms with Crippen molar-refractivity contribution in [2.75, 3.05) is 28.6 Å². The standard InChI is InChI=1S/C15H19N3O2S2/c1-12(17(2)15-16-8-10-21-15)13-6-3-4-7-14(13)18-9-5-11-22(18,19)20/h3-4,6-8,10,12H,5,9,11H2,1-2H3. The van der Waals surface area contributed by atoms with Crippen molar-refractivity contribution in [3.63, 3.8) is 0 Å². The molecule has 1 aromatic heterocycles. The van der Waals surface area contributed by atoms with Gasteiger partial charge in [0.05, 0.1) is 17.5 Å². The molecular formula is C15H19N3O2S2. The van der Waals surface area contributed by atoms with Gasteiger partial charge in [0, 0.05) is 25.2 Å². The number of anilines is 2. The molecule has 7 heteroatoms. The van der Waals surface area contributed by atoms with Gasteiger partial charge >= 0.3 is 0 Å². The molecule has 1 aliphatic rings. The van der Waals surface area contributed by atoms with Crippen molar-refractivity contribution in [1.82, 2.24) is 4.98 Å². The lowest BCUT2D eigenvalue weighted by Crippen LogP contribution is -2.29. The molecule has 3 rings (SSSR count). The van der Waals surface area contributed by atoms with E-state index < -0.39 is 10.0 Å². The molecule has 0 amide bonds. The van der Waals surface area contributed by atoms with E-state index in [2.05, 4.69) is 16.8 Å². The van der Waals surface area contributed by atoms with Crippen molar-refractivity contribution >= 4 is 32.2 Å². The Morgan fingerprint density at radius 1 is 1.36 bits per heavy atom. The average molecular weight is 337 g/mol. The zero-order valence-electron chi connectivity index (χ0n) is 12.6. The number of rotatable bonds is 4. The summed E-state index contributed by atoms with van der Waals surface area (Å²) in [5.74, 6) is 0.234. The maximum absolute atomic E-state index is 12.2. The molecule has 1 atom stereocenters. The van der Waals surface area contributed by atoms with Crippen LogP contribution in [0.2, 0.25) is 0 Å². The van der Waals surface area contributed by atoms with Gasteiger partial charge in [0.1, 0.15) is 0 Å². The maximum atomic E-state index is 12.2. The number of benzene rings is 1. The molecular weight excluding hydrogens is 318 g/mol. The van der Waals surface area contributed by atoms with Crippen LogP contribution < -0.4 is 9.21 Å². The van der Waals surface area contributed by atoms with Gasteiger partial charge in [-0.05, 0) is 25.0 Å². The second kappa shape index (κ2) is 5.89. The third-order valence-electron chi connectivity index (χ3n) is 4.06. The Bertz CT molecular complexity index is 744. The summed E-state index contributed by atoms with van der Waals surface area (Å²) in [4.78, 5) is 6.41. The molecule has 0 N–H and O–H groups in total. The second-order valence-electron chi connectivity index (χ2n) is 5.40. The third kappa shape index (κ3) is 2.70. The minimum absolute atomic E-state index is 0.0400. The van der Waals surface area contributed by atoms with E-state index in [-0.39, 0.29) is 11.8 Å². The Morgan fingerprint density at radius 3 is 2.77 bits per heavy atom. The molecule has 0 aliphatic carbocycles. The summed E-state index contributed by atoms with van der Waals surface area (Å²) in [7, 11) is -1.19. The Hall–Kier alpha value is -1.60. The van der Waals surface area contributed by atoms with E-state index >= 15 is 0 Å². The molecule has 0 spiro atoms. The molecule has 0 saturated carbocycles. The summed E-state index contributed by atoms with van der Waals surface area (Å²) in [6, 6.07) is 7.77. The molecule has 2 aromatic rings. The number of hydrogen-bond acceptors (Lipinski definition) is 5. The zero-order chi connectivity index (χ0) is 15.7. The van der Waals surface area contributed by atoms with Crippen LogP contribution in [0.25, 0.3) is 0 Å². The second-order valence-corrected chi connectivity index (χ2v) is 8.29. The topological polar surface area (TPSA) is 53.5 Å². The molecule has 22 heavy (non-hydrogen) atoms. The summed E-state index contributed by atoms with van der Waals surface area (Å²) >= 11 is 1.57. The Morgan fingerprint density at radius 2 is 2.14 bits per heavy atom. The van der Waals surface area contributed by atoms with E-state index in [1.54, 1.807) is 21.8 Å². The smallest absolute Gasteiger partial charge is 0.235 e. The van der Waals surface area contributed by atoms with Crippen LogP contribution in [-0.2, 0) is 10.0 Å². The fraction of sp³-hybridized carbons (Fsp3) is 0.400. The fourth-order valence-corrected chi connectivity index (χ4v) is 5.02. The molecule has 0 bridgehead atoms. The third-order valence-corrected chi connectivity index (χ3v) is 6.77. The van der Waals surface area contributed by atoms with Crippen LogP contribution in [0.3, 0.4) is 0 Å². The summed E-state index contributed by atoms with van der Waals surface area (Å²) < 4.78 is 26.0. The van der Waals surface area contributed by atoms with Crippen molar-refractivity contribution < 1.29 is 8.42 Å². The van der Waals surface area contributed by atoms with Gasteiger partial charge in [-0.2, -0.15) is 0 Å². The van der Waals surface area contributed by atoms with Crippen LogP contribution in [-0.4, -0.2) is 32.7 Å². The number of aromatic nitrogens is 1. The van der Waals surface area contributed by atoms with E-state index in [1.807, 2.05) is 36.7 Å². The van der Waals surface area contributed by atoms with Crippen molar-refractivity contribution in [2.24, 2.45) is 0 Å². The first-order valence-electron chi connectivity index (χ1n) is 7.22. The number of para-hydroxylation sites is 1. The van der Waals surface area contributed by atoms with Crippen molar-refractivity contribution in [1.29, 1.82) is 0 Å². The molecule has 1 unspecified atom stereocenters. The van der Waals surface area contributed by atoms with Crippen LogP contribution in [0.5, 0.6) is 0 Å². The van der Waals surface area contributed by atoms with Crippen molar-refractivity contribution in [2.45, 2.75) is 19.4 Å². The Kier molecular flexibility index (Phi) is 4.10. The van der Waals surface area contributed by atoms with Gasteiger partial charge in [0.25, 0.3) is 0 Å². The first kappa shape index (κ1) is 15.3. The Balaban J connectivity index is 1.98. The molecule has 2 heterocycles. The monoisotopic (exact) mass is 337 g/mol. The van der Waals surface area contributed by atoms with Gasteiger partial charge in [-0.15, -0.1) is 11.3 Å². The highest BCUT2D eigenvalue weighted by atomic mass is 32.2. The van der Waals surface area contributed by atoms with E-state index in [1.165, 1.54) is 0 Å². The van der Waals surface area contributed by atoms with Crippen LogP contribution >= 0.6 is 11.3 Å². The normalized spacial score (nSPS) is 18.4. The molecule has 1 fully saturated rings. The summed E-state index contributed by atoms with van der Waals surface area (Å²) in [6.45, 7) is 2.63. The predicted molar refractivity (Wildman–Crippen MR) is 91.1 cm³/mol. The van der Waals surface area contributed by atoms with Crippen LogP contribution in [0.4, 0.5) is 10.8 Å². The van der Waals surface area contributed by atoms with Crippen molar-refractivity contribution in [3.05, 3.63) is 41.4 Å². The molecule has 1 aromatic carbocycles. The quantitative estimate of drug-likeness (QED) is 0.861. The molecule has 1 saturated heterocycles. The van der Waals surface area contributed by atoms with Gasteiger partial charge in [-0.25, -0.2) is 13.4 Å². The highest BCUT2D eigenvalue weighted by Gasteiger charge is 2.31. The van der Waals surface area contributed by atoms with Crippen molar-refractivity contribution in [3.8, 4) is 0 Å². The molecule has 0 radical (unpaired) electrons. The minimum atomic E-state index is -3.17. The number of nitrogens with zero attached hydrogens (tertiary/aromatic N) is 3. The summed E-state index contributed by atoms with van der Waals surface area (Å²) in [5.41, 5.74) is 1.79. The molecule has 118 valence electrons. The highest BCUT2D eigenvalue weighted by Crippen LogP contribution is 2.35.